The average molecular weight is 383 g/mol. The molecule has 1 aliphatic rings. The number of para-hydroxylation sites is 1. The zero-order chi connectivity index (χ0) is 20.3. The molecule has 3 rings (SSSR count). The molecule has 1 unspecified atom stereocenters. The Morgan fingerprint density at radius 2 is 2.00 bits per heavy atom. The Hall–Kier alpha value is -2.86. The maximum absolute atomic E-state index is 12.6. The second kappa shape index (κ2) is 8.44. The quantitative estimate of drug-likeness (QED) is 0.541. The summed E-state index contributed by atoms with van der Waals surface area (Å²) in [5.41, 5.74) is 3.59. The molecule has 1 aromatic heterocycles. The standard InChI is InChI=1S/C22H25NO5/c1-14-9-19(16(3)23(14)15(2)11-26-4)20(24)13-28-22(25)18-10-17-7-5-6-8-21(17)27-12-18/h5-10,15H,11-13H2,1-4H3. The summed E-state index contributed by atoms with van der Waals surface area (Å²) in [7, 11) is 1.65. The third-order valence-corrected chi connectivity index (χ3v) is 4.86. The molecule has 28 heavy (non-hydrogen) atoms. The first-order valence-corrected chi connectivity index (χ1v) is 9.22. The molecule has 0 bridgehead atoms. The van der Waals surface area contributed by atoms with Crippen molar-refractivity contribution in [3.63, 3.8) is 0 Å². The van der Waals surface area contributed by atoms with Gasteiger partial charge in [-0.1, -0.05) is 18.2 Å². The van der Waals surface area contributed by atoms with Gasteiger partial charge in [0.1, 0.15) is 12.4 Å². The molecule has 2 aromatic rings. The molecule has 0 N–H and O–H groups in total. The molecule has 2 heterocycles. The van der Waals surface area contributed by atoms with Crippen LogP contribution in [0.15, 0.2) is 35.9 Å². The summed E-state index contributed by atoms with van der Waals surface area (Å²) in [6, 6.07) is 9.39. The van der Waals surface area contributed by atoms with Crippen molar-refractivity contribution < 1.29 is 23.8 Å². The molecule has 0 saturated heterocycles. The SMILES string of the molecule is COCC(C)n1c(C)cc(C(=O)COC(=O)C2=Cc3ccccc3OC2)c1C. The van der Waals surface area contributed by atoms with E-state index in [1.807, 2.05) is 51.1 Å². The number of ketones is 1. The fourth-order valence-electron chi connectivity index (χ4n) is 3.59. The van der Waals surface area contributed by atoms with E-state index in [9.17, 15) is 9.59 Å². The number of hydrogen-bond donors (Lipinski definition) is 0. The van der Waals surface area contributed by atoms with Gasteiger partial charge in [-0.15, -0.1) is 0 Å². The van der Waals surface area contributed by atoms with Gasteiger partial charge in [0.25, 0.3) is 0 Å². The van der Waals surface area contributed by atoms with Crippen molar-refractivity contribution >= 4 is 17.8 Å². The predicted molar refractivity (Wildman–Crippen MR) is 106 cm³/mol. The Kier molecular flexibility index (Phi) is 5.99. The van der Waals surface area contributed by atoms with Gasteiger partial charge in [0.15, 0.2) is 6.61 Å². The van der Waals surface area contributed by atoms with Gasteiger partial charge in [-0.05, 0) is 39.0 Å². The lowest BCUT2D eigenvalue weighted by atomic mass is 10.1. The third kappa shape index (κ3) is 4.02. The van der Waals surface area contributed by atoms with Crippen molar-refractivity contribution in [1.29, 1.82) is 0 Å². The molecule has 1 aromatic carbocycles. The number of nitrogens with zero attached hydrogens (tertiary/aromatic N) is 1. The summed E-state index contributed by atoms with van der Waals surface area (Å²) in [6.07, 6.45) is 1.74. The second-order valence-corrected chi connectivity index (χ2v) is 6.95. The Labute approximate surface area is 164 Å². The van der Waals surface area contributed by atoms with E-state index in [-0.39, 0.29) is 25.0 Å². The van der Waals surface area contributed by atoms with Crippen LogP contribution < -0.4 is 4.74 Å². The zero-order valence-electron chi connectivity index (χ0n) is 16.7. The van der Waals surface area contributed by atoms with Crippen LogP contribution in [-0.2, 0) is 14.3 Å². The zero-order valence-corrected chi connectivity index (χ0v) is 16.7. The van der Waals surface area contributed by atoms with Crippen LogP contribution in [0.4, 0.5) is 0 Å². The number of rotatable bonds is 7. The second-order valence-electron chi connectivity index (χ2n) is 6.95. The first-order valence-electron chi connectivity index (χ1n) is 9.22. The summed E-state index contributed by atoms with van der Waals surface area (Å²) in [5, 5.41) is 0. The van der Waals surface area contributed by atoms with Gasteiger partial charge in [0.05, 0.1) is 18.2 Å². The molecule has 0 saturated carbocycles. The molecule has 0 fully saturated rings. The highest BCUT2D eigenvalue weighted by atomic mass is 16.5. The van der Waals surface area contributed by atoms with Crippen LogP contribution in [0.1, 0.15) is 40.3 Å². The van der Waals surface area contributed by atoms with Crippen LogP contribution in [0.25, 0.3) is 6.08 Å². The van der Waals surface area contributed by atoms with Crippen LogP contribution in [0.3, 0.4) is 0 Å². The monoisotopic (exact) mass is 383 g/mol. The Morgan fingerprint density at radius 3 is 2.75 bits per heavy atom. The molecular weight excluding hydrogens is 358 g/mol. The van der Waals surface area contributed by atoms with Gasteiger partial charge in [-0.2, -0.15) is 0 Å². The van der Waals surface area contributed by atoms with Crippen LogP contribution in [0, 0.1) is 13.8 Å². The van der Waals surface area contributed by atoms with Crippen LogP contribution in [0.5, 0.6) is 5.75 Å². The van der Waals surface area contributed by atoms with Crippen molar-refractivity contribution in [1.82, 2.24) is 4.57 Å². The van der Waals surface area contributed by atoms with Gasteiger partial charge >= 0.3 is 5.97 Å². The molecule has 1 aliphatic heterocycles. The topological polar surface area (TPSA) is 66.8 Å². The molecule has 0 spiro atoms. The average Bonchev–Trinajstić information content (AvgIpc) is 2.99. The molecule has 0 radical (unpaired) electrons. The number of methoxy groups -OCH3 is 1. The van der Waals surface area contributed by atoms with Gasteiger partial charge in [-0.25, -0.2) is 4.79 Å². The van der Waals surface area contributed by atoms with Gasteiger partial charge in [0, 0.05) is 29.6 Å². The van der Waals surface area contributed by atoms with Crippen molar-refractivity contribution in [3.8, 4) is 5.75 Å². The van der Waals surface area contributed by atoms with Crippen molar-refractivity contribution in [3.05, 3.63) is 58.4 Å². The minimum absolute atomic E-state index is 0.110. The summed E-state index contributed by atoms with van der Waals surface area (Å²) in [5.74, 6) is -0.0350. The van der Waals surface area contributed by atoms with E-state index >= 15 is 0 Å². The minimum atomic E-state index is -0.538. The van der Waals surface area contributed by atoms with Crippen molar-refractivity contribution in [2.75, 3.05) is 26.9 Å². The smallest absolute Gasteiger partial charge is 0.337 e. The lowest BCUT2D eigenvalue weighted by molar-refractivity contribution is -0.138. The summed E-state index contributed by atoms with van der Waals surface area (Å²) in [6.45, 7) is 6.25. The van der Waals surface area contributed by atoms with Crippen molar-refractivity contribution in [2.24, 2.45) is 0 Å². The number of Topliss-reactive ketones (excluding diaryl/α,β-unsaturated/α-hetero) is 1. The van der Waals surface area contributed by atoms with E-state index in [4.69, 9.17) is 14.2 Å². The number of carbonyl (C=O) groups is 2. The summed E-state index contributed by atoms with van der Waals surface area (Å²) in [4.78, 5) is 25.0. The molecule has 1 atom stereocenters. The van der Waals surface area contributed by atoms with E-state index < -0.39 is 5.97 Å². The first kappa shape index (κ1) is 19.9. The number of ether oxygens (including phenoxy) is 3. The molecule has 0 amide bonds. The van der Waals surface area contributed by atoms with E-state index in [1.165, 1.54) is 0 Å². The largest absolute Gasteiger partial charge is 0.488 e. The number of esters is 1. The number of aryl methyl sites for hydroxylation is 1. The predicted octanol–water partition coefficient (Wildman–Crippen LogP) is 3.51. The fraction of sp³-hybridized carbons (Fsp3) is 0.364. The maximum atomic E-state index is 12.6. The van der Waals surface area contributed by atoms with Crippen molar-refractivity contribution in [2.45, 2.75) is 26.8 Å². The third-order valence-electron chi connectivity index (χ3n) is 4.86. The van der Waals surface area contributed by atoms with Gasteiger partial charge < -0.3 is 18.8 Å². The highest BCUT2D eigenvalue weighted by Crippen LogP contribution is 2.26. The number of carbonyl (C=O) groups excluding carboxylic acids is 2. The highest BCUT2D eigenvalue weighted by Gasteiger charge is 2.22. The Balaban J connectivity index is 1.67. The lowest BCUT2D eigenvalue weighted by Gasteiger charge is -2.18. The molecular formula is C22H25NO5. The summed E-state index contributed by atoms with van der Waals surface area (Å²) < 4.78 is 18.1. The highest BCUT2D eigenvalue weighted by molar-refractivity contribution is 6.01. The maximum Gasteiger partial charge on any atom is 0.337 e. The van der Waals surface area contributed by atoms with Crippen LogP contribution in [0.2, 0.25) is 0 Å². The lowest BCUT2D eigenvalue weighted by Crippen LogP contribution is -2.21. The normalized spacial score (nSPS) is 13.9. The van der Waals surface area contributed by atoms with Gasteiger partial charge in [-0.3, -0.25) is 4.79 Å². The molecule has 6 nitrogen and oxygen atoms in total. The fourth-order valence-corrected chi connectivity index (χ4v) is 3.59. The first-order chi connectivity index (χ1) is 13.4. The summed E-state index contributed by atoms with van der Waals surface area (Å²) >= 11 is 0. The molecule has 148 valence electrons. The van der Waals surface area contributed by atoms with Crippen LogP contribution >= 0.6 is 0 Å². The van der Waals surface area contributed by atoms with Crippen LogP contribution in [-0.4, -0.2) is 43.3 Å². The number of aromatic nitrogens is 1. The number of hydrogen-bond acceptors (Lipinski definition) is 5. The number of benzene rings is 1. The Morgan fingerprint density at radius 1 is 1.25 bits per heavy atom. The number of fused-ring (bicyclic) bond motifs is 1. The van der Waals surface area contributed by atoms with E-state index in [1.54, 1.807) is 13.2 Å². The van der Waals surface area contributed by atoms with E-state index in [0.717, 1.165) is 22.7 Å². The molecule has 6 heteroatoms. The van der Waals surface area contributed by atoms with E-state index in [0.29, 0.717) is 17.7 Å². The van der Waals surface area contributed by atoms with E-state index in [2.05, 4.69) is 4.57 Å². The minimum Gasteiger partial charge on any atom is -0.488 e. The molecule has 0 aliphatic carbocycles. The Bertz CT molecular complexity index is 925. The van der Waals surface area contributed by atoms with Gasteiger partial charge in [0.2, 0.25) is 5.78 Å².